The van der Waals surface area contributed by atoms with Crippen LogP contribution in [0.1, 0.15) is 5.48 Å². The van der Waals surface area contributed by atoms with Gasteiger partial charge in [-0.2, -0.15) is 0 Å². The molecule has 2 aliphatic rings. The quantitative estimate of drug-likeness (QED) is 0.170. The number of rotatable bonds is 3. The highest BCUT2D eigenvalue weighted by molar-refractivity contribution is 6.27. The van der Waals surface area contributed by atoms with E-state index >= 15 is 0 Å². The standard InChI is InChI=1S/C52H30O/c1-2-12-32(13-3-1)48-39-20-6-7-21-40(39)49(52-43-25-10-16-31-15-9-24-42(47(31)43)51(48)52)36-18-8-17-33(28-36)34-26-27-45-44(29-34)41-23-11-22-38-37-19-5-4-14-35(37)30-46(53-45)50(38)41/h1-30H/i8D,17D,18D,28D. The lowest BCUT2D eigenvalue weighted by Gasteiger charge is -2.23. The van der Waals surface area contributed by atoms with Gasteiger partial charge in [0.15, 0.2) is 0 Å². The van der Waals surface area contributed by atoms with Gasteiger partial charge in [0.1, 0.15) is 11.5 Å². The molecule has 0 fully saturated rings. The average Bonchev–Trinajstić information content (AvgIpc) is 3.58. The number of ether oxygens (including phenoxy) is 1. The summed E-state index contributed by atoms with van der Waals surface area (Å²) in [5.74, 6) is 1.49. The molecule has 0 unspecified atom stereocenters. The zero-order chi connectivity index (χ0) is 38.1. The Labute approximate surface area is 312 Å². The highest BCUT2D eigenvalue weighted by Crippen LogP contribution is 2.58. The molecule has 0 saturated heterocycles. The molecule has 1 nitrogen and oxygen atoms in total. The van der Waals surface area contributed by atoms with Crippen molar-refractivity contribution in [3.05, 3.63) is 182 Å². The van der Waals surface area contributed by atoms with Crippen molar-refractivity contribution < 1.29 is 10.2 Å². The van der Waals surface area contributed by atoms with Crippen molar-refractivity contribution in [2.24, 2.45) is 0 Å². The highest BCUT2D eigenvalue weighted by Gasteiger charge is 2.30. The van der Waals surface area contributed by atoms with Gasteiger partial charge in [-0.3, -0.25) is 0 Å². The number of fused-ring (bicyclic) bond motifs is 8. The SMILES string of the molecule is [2H]c1c([2H])c(-c2ccc3c(c2)-c2cccc4c2c(cc2ccccc24)O3)c([2H])c(-c2c3c(c(-c4ccccc4)c4ccccc24)-c2cccc4cccc-3c24)c1[2H]. The molecule has 12 rings (SSSR count). The first-order valence-electron chi connectivity index (χ1n) is 20.0. The van der Waals surface area contributed by atoms with E-state index in [1.165, 1.54) is 0 Å². The Morgan fingerprint density at radius 1 is 0.358 bits per heavy atom. The molecule has 0 N–H and O–H groups in total. The van der Waals surface area contributed by atoms with Gasteiger partial charge in [0.05, 0.1) is 5.48 Å². The third kappa shape index (κ3) is 4.02. The van der Waals surface area contributed by atoms with E-state index in [-0.39, 0.29) is 24.2 Å². The van der Waals surface area contributed by atoms with E-state index in [0.29, 0.717) is 22.4 Å². The third-order valence-electron chi connectivity index (χ3n) is 11.2. The molecular weight excluding hydrogens is 641 g/mol. The second kappa shape index (κ2) is 10.8. The minimum absolute atomic E-state index is 0.0604. The summed E-state index contributed by atoms with van der Waals surface area (Å²) in [7, 11) is 0. The van der Waals surface area contributed by atoms with Crippen molar-refractivity contribution in [2.75, 3.05) is 0 Å². The second-order valence-electron chi connectivity index (χ2n) is 14.0. The fourth-order valence-corrected chi connectivity index (χ4v) is 9.04. The molecule has 0 spiro atoms. The molecule has 0 bridgehead atoms. The summed E-state index contributed by atoms with van der Waals surface area (Å²) in [6.07, 6.45) is 0. The molecule has 0 amide bonds. The fraction of sp³-hybridized carbons (Fsp3) is 0. The second-order valence-corrected chi connectivity index (χ2v) is 14.0. The summed E-state index contributed by atoms with van der Waals surface area (Å²) in [5.41, 5.74) is 10.3. The van der Waals surface area contributed by atoms with Crippen LogP contribution >= 0.6 is 0 Å². The molecule has 0 saturated carbocycles. The van der Waals surface area contributed by atoms with E-state index in [2.05, 4.69) is 115 Å². The summed E-state index contributed by atoms with van der Waals surface area (Å²) in [5, 5.41) is 8.55. The number of hydrogen-bond donors (Lipinski definition) is 0. The Kier molecular flexibility index (Phi) is 5.10. The number of hydrogen-bond acceptors (Lipinski definition) is 1. The van der Waals surface area contributed by atoms with Gasteiger partial charge in [-0.25, -0.2) is 0 Å². The lowest BCUT2D eigenvalue weighted by Crippen LogP contribution is -1.98. The maximum atomic E-state index is 10.1. The smallest absolute Gasteiger partial charge is 0.136 e. The van der Waals surface area contributed by atoms with E-state index in [9.17, 15) is 5.48 Å². The van der Waals surface area contributed by atoms with Crippen LogP contribution in [0.2, 0.25) is 0 Å². The predicted octanol–water partition coefficient (Wildman–Crippen LogP) is 14.7. The van der Waals surface area contributed by atoms with E-state index in [4.69, 9.17) is 4.74 Å². The predicted molar refractivity (Wildman–Crippen MR) is 223 cm³/mol. The van der Waals surface area contributed by atoms with Crippen molar-refractivity contribution >= 4 is 43.1 Å². The van der Waals surface area contributed by atoms with Crippen LogP contribution in [0.3, 0.4) is 0 Å². The molecule has 53 heavy (non-hydrogen) atoms. The van der Waals surface area contributed by atoms with Crippen LogP contribution in [0.15, 0.2) is 182 Å². The molecule has 1 heteroatoms. The first-order valence-corrected chi connectivity index (χ1v) is 18.0. The van der Waals surface area contributed by atoms with Gasteiger partial charge in [-0.05, 0) is 123 Å². The minimum Gasteiger partial charge on any atom is -0.456 e. The molecule has 0 atom stereocenters. The van der Waals surface area contributed by atoms with Gasteiger partial charge < -0.3 is 4.74 Å². The molecule has 0 radical (unpaired) electrons. The van der Waals surface area contributed by atoms with Crippen molar-refractivity contribution in [3.8, 4) is 78.3 Å². The van der Waals surface area contributed by atoms with Crippen molar-refractivity contribution in [3.63, 3.8) is 0 Å². The van der Waals surface area contributed by atoms with E-state index in [1.54, 1.807) is 0 Å². The monoisotopic (exact) mass is 674 g/mol. The third-order valence-corrected chi connectivity index (χ3v) is 11.2. The normalized spacial score (nSPS) is 13.4. The van der Waals surface area contributed by atoms with Gasteiger partial charge >= 0.3 is 0 Å². The van der Waals surface area contributed by atoms with Gasteiger partial charge in [0.2, 0.25) is 0 Å². The molecule has 1 aliphatic heterocycles. The summed E-state index contributed by atoms with van der Waals surface area (Å²) in [6.45, 7) is 0. The topological polar surface area (TPSA) is 9.23 Å². The maximum absolute atomic E-state index is 10.1. The fourth-order valence-electron chi connectivity index (χ4n) is 9.04. The summed E-state index contributed by atoms with van der Waals surface area (Å²) in [4.78, 5) is 0. The molecule has 10 aromatic carbocycles. The van der Waals surface area contributed by atoms with Gasteiger partial charge in [0.25, 0.3) is 0 Å². The van der Waals surface area contributed by atoms with Crippen LogP contribution in [0.5, 0.6) is 11.5 Å². The largest absolute Gasteiger partial charge is 0.456 e. The van der Waals surface area contributed by atoms with Crippen LogP contribution in [0, 0.1) is 0 Å². The molecule has 244 valence electrons. The summed E-state index contributed by atoms with van der Waals surface area (Å²) in [6, 6.07) is 53.6. The van der Waals surface area contributed by atoms with Crippen LogP contribution in [-0.2, 0) is 0 Å². The Morgan fingerprint density at radius 2 is 0.981 bits per heavy atom. The Bertz CT molecular complexity index is 3420. The highest BCUT2D eigenvalue weighted by atomic mass is 16.5. The van der Waals surface area contributed by atoms with Crippen LogP contribution in [-0.4, -0.2) is 0 Å². The Hall–Kier alpha value is -6.96. The van der Waals surface area contributed by atoms with E-state index in [0.717, 1.165) is 98.9 Å². The van der Waals surface area contributed by atoms with Gasteiger partial charge in [-0.1, -0.05) is 158 Å². The van der Waals surface area contributed by atoms with Crippen molar-refractivity contribution in [2.45, 2.75) is 0 Å². The lowest BCUT2D eigenvalue weighted by molar-refractivity contribution is 0.488. The summed E-state index contributed by atoms with van der Waals surface area (Å²) < 4.78 is 44.9. The first-order chi connectivity index (χ1) is 28.0. The van der Waals surface area contributed by atoms with E-state index < -0.39 is 0 Å². The van der Waals surface area contributed by atoms with Crippen LogP contribution < -0.4 is 4.74 Å². The zero-order valence-electron chi connectivity index (χ0n) is 32.4. The lowest BCUT2D eigenvalue weighted by atomic mass is 9.82. The van der Waals surface area contributed by atoms with Crippen LogP contribution in [0.4, 0.5) is 0 Å². The van der Waals surface area contributed by atoms with Crippen LogP contribution in [0.25, 0.3) is 110 Å². The van der Waals surface area contributed by atoms with Gasteiger partial charge in [0, 0.05) is 10.9 Å². The average molecular weight is 675 g/mol. The molecular formula is C52H30O. The molecule has 1 aliphatic carbocycles. The zero-order valence-corrected chi connectivity index (χ0v) is 28.4. The van der Waals surface area contributed by atoms with E-state index in [1.807, 2.05) is 42.5 Å². The summed E-state index contributed by atoms with van der Waals surface area (Å²) >= 11 is 0. The minimum atomic E-state index is -0.206. The van der Waals surface area contributed by atoms with Crippen molar-refractivity contribution in [1.29, 1.82) is 0 Å². The first kappa shape index (κ1) is 25.1. The Balaban J connectivity index is 1.16. The Morgan fingerprint density at radius 3 is 1.77 bits per heavy atom. The van der Waals surface area contributed by atoms with Crippen molar-refractivity contribution in [1.82, 2.24) is 0 Å². The maximum Gasteiger partial charge on any atom is 0.136 e. The molecule has 10 aromatic rings. The number of benzene rings is 10. The van der Waals surface area contributed by atoms with Gasteiger partial charge in [-0.15, -0.1) is 0 Å². The molecule has 1 heterocycles. The molecule has 0 aromatic heterocycles.